The Kier molecular flexibility index (Phi) is 7.37. The maximum Gasteiger partial charge on any atom is 0.242 e. The minimum Gasteiger partial charge on any atom is -0.377 e. The van der Waals surface area contributed by atoms with E-state index in [4.69, 9.17) is 16.3 Å². The molecule has 6 nitrogen and oxygen atoms in total. The molecule has 0 spiro atoms. The zero-order valence-electron chi connectivity index (χ0n) is 12.5. The summed E-state index contributed by atoms with van der Waals surface area (Å²) < 4.78 is 32.0. The summed E-state index contributed by atoms with van der Waals surface area (Å²) in [7, 11) is -3.64. The van der Waals surface area contributed by atoms with Crippen molar-refractivity contribution in [2.45, 2.75) is 38.2 Å². The van der Waals surface area contributed by atoms with Crippen molar-refractivity contribution in [2.24, 2.45) is 0 Å². The molecule has 1 atom stereocenters. The minimum absolute atomic E-state index is 0.0400. The van der Waals surface area contributed by atoms with E-state index >= 15 is 0 Å². The molecule has 1 heterocycles. The second-order valence-electron chi connectivity index (χ2n) is 4.55. The molecule has 1 rings (SSSR count). The average molecular weight is 336 g/mol. The number of hydrogen-bond acceptors (Lipinski definition) is 5. The topological polar surface area (TPSA) is 80.3 Å². The number of aromatic nitrogens is 1. The highest BCUT2D eigenvalue weighted by atomic mass is 35.5. The zero-order chi connectivity index (χ0) is 15.9. The summed E-state index contributed by atoms with van der Waals surface area (Å²) in [6.45, 7) is 7.13. The molecule has 0 bridgehead atoms. The minimum atomic E-state index is -3.64. The van der Waals surface area contributed by atoms with Crippen LogP contribution in [0.1, 0.15) is 27.2 Å². The fraction of sp³-hybridized carbons (Fsp3) is 0.615. The van der Waals surface area contributed by atoms with Crippen LogP contribution in [0.5, 0.6) is 0 Å². The van der Waals surface area contributed by atoms with Gasteiger partial charge in [0.15, 0.2) is 0 Å². The Morgan fingerprint density at radius 2 is 2.14 bits per heavy atom. The third-order valence-corrected chi connectivity index (χ3v) is 4.36. The van der Waals surface area contributed by atoms with E-state index in [0.29, 0.717) is 12.4 Å². The molecule has 0 aliphatic heterocycles. The number of nitrogens with zero attached hydrogens (tertiary/aromatic N) is 1. The predicted octanol–water partition coefficient (Wildman–Crippen LogP) is 2.26. The molecule has 1 unspecified atom stereocenters. The first-order valence-electron chi connectivity index (χ1n) is 6.91. The summed E-state index contributed by atoms with van der Waals surface area (Å²) in [6, 6.07) is 1.39. The molecular formula is C13H22ClN3O3S. The molecule has 0 aliphatic rings. The van der Waals surface area contributed by atoms with Gasteiger partial charge in [-0.25, -0.2) is 18.1 Å². The van der Waals surface area contributed by atoms with Gasteiger partial charge in [0.1, 0.15) is 10.7 Å². The molecule has 0 saturated carbocycles. The third kappa shape index (κ3) is 5.78. The standard InChI is InChI=1S/C13H22ClN3O3S/c1-4-6-15-13-12(14)7-11(9-16-13)21(18,19)17-8-10(3)20-5-2/h7,9-10,17H,4-6,8H2,1-3H3,(H,15,16). The number of nitrogens with one attached hydrogen (secondary N) is 2. The number of ether oxygens (including phenoxy) is 1. The van der Waals surface area contributed by atoms with E-state index in [9.17, 15) is 8.42 Å². The van der Waals surface area contributed by atoms with E-state index in [1.54, 1.807) is 6.92 Å². The lowest BCUT2D eigenvalue weighted by Gasteiger charge is -2.13. The van der Waals surface area contributed by atoms with Crippen molar-refractivity contribution < 1.29 is 13.2 Å². The van der Waals surface area contributed by atoms with Crippen LogP contribution in [0.2, 0.25) is 5.02 Å². The van der Waals surface area contributed by atoms with Crippen LogP contribution < -0.4 is 10.0 Å². The lowest BCUT2D eigenvalue weighted by Crippen LogP contribution is -2.32. The largest absolute Gasteiger partial charge is 0.377 e. The monoisotopic (exact) mass is 335 g/mol. The molecule has 8 heteroatoms. The Bertz CT molecular complexity index is 552. The van der Waals surface area contributed by atoms with Crippen LogP contribution >= 0.6 is 11.6 Å². The van der Waals surface area contributed by atoms with Gasteiger partial charge in [-0.15, -0.1) is 0 Å². The quantitative estimate of drug-likeness (QED) is 0.723. The Morgan fingerprint density at radius 1 is 1.43 bits per heavy atom. The highest BCUT2D eigenvalue weighted by molar-refractivity contribution is 7.89. The number of pyridine rings is 1. The average Bonchev–Trinajstić information content (AvgIpc) is 2.44. The van der Waals surface area contributed by atoms with Crippen molar-refractivity contribution in [3.8, 4) is 0 Å². The SMILES string of the molecule is CCCNc1ncc(S(=O)(=O)NCC(C)OCC)cc1Cl. The Morgan fingerprint density at radius 3 is 2.71 bits per heavy atom. The van der Waals surface area contributed by atoms with Crippen molar-refractivity contribution in [3.05, 3.63) is 17.3 Å². The highest BCUT2D eigenvalue weighted by Gasteiger charge is 2.17. The second kappa shape index (κ2) is 8.53. The molecular weight excluding hydrogens is 314 g/mol. The molecule has 1 aromatic rings. The highest BCUT2D eigenvalue weighted by Crippen LogP contribution is 2.22. The van der Waals surface area contributed by atoms with Gasteiger partial charge in [-0.1, -0.05) is 18.5 Å². The van der Waals surface area contributed by atoms with Crippen molar-refractivity contribution in [3.63, 3.8) is 0 Å². The van der Waals surface area contributed by atoms with Crippen LogP contribution in [-0.2, 0) is 14.8 Å². The van der Waals surface area contributed by atoms with Crippen molar-refractivity contribution in [1.29, 1.82) is 0 Å². The van der Waals surface area contributed by atoms with Gasteiger partial charge in [0.25, 0.3) is 0 Å². The van der Waals surface area contributed by atoms with Crippen LogP contribution in [-0.4, -0.2) is 39.2 Å². The maximum atomic E-state index is 12.1. The van der Waals surface area contributed by atoms with E-state index < -0.39 is 10.0 Å². The van der Waals surface area contributed by atoms with E-state index in [2.05, 4.69) is 15.0 Å². The van der Waals surface area contributed by atoms with Gasteiger partial charge in [-0.2, -0.15) is 0 Å². The van der Waals surface area contributed by atoms with Crippen LogP contribution in [0.4, 0.5) is 5.82 Å². The number of rotatable bonds is 9. The molecule has 0 fully saturated rings. The van der Waals surface area contributed by atoms with E-state index in [1.165, 1.54) is 12.3 Å². The molecule has 0 aliphatic carbocycles. The summed E-state index contributed by atoms with van der Waals surface area (Å²) >= 11 is 6.04. The Balaban J connectivity index is 2.77. The summed E-state index contributed by atoms with van der Waals surface area (Å²) in [5.41, 5.74) is 0. The summed E-state index contributed by atoms with van der Waals surface area (Å²) in [6.07, 6.45) is 2.02. The van der Waals surface area contributed by atoms with Gasteiger partial charge in [-0.3, -0.25) is 0 Å². The molecule has 0 radical (unpaired) electrons. The van der Waals surface area contributed by atoms with Crippen LogP contribution in [0, 0.1) is 0 Å². The van der Waals surface area contributed by atoms with Crippen LogP contribution in [0.25, 0.3) is 0 Å². The first-order chi connectivity index (χ1) is 9.90. The molecule has 2 N–H and O–H groups in total. The number of hydrogen-bond donors (Lipinski definition) is 2. The van der Waals surface area contributed by atoms with Crippen molar-refractivity contribution in [1.82, 2.24) is 9.71 Å². The van der Waals surface area contributed by atoms with E-state index in [-0.39, 0.29) is 22.6 Å². The first kappa shape index (κ1) is 18.2. The van der Waals surface area contributed by atoms with E-state index in [0.717, 1.165) is 13.0 Å². The van der Waals surface area contributed by atoms with E-state index in [1.807, 2.05) is 13.8 Å². The van der Waals surface area contributed by atoms with Gasteiger partial charge in [0, 0.05) is 25.9 Å². The van der Waals surface area contributed by atoms with Crippen LogP contribution in [0.3, 0.4) is 0 Å². The fourth-order valence-corrected chi connectivity index (χ4v) is 2.98. The molecule has 1 aromatic heterocycles. The van der Waals surface area contributed by atoms with Gasteiger partial charge in [0.05, 0.1) is 11.1 Å². The molecule has 0 saturated heterocycles. The van der Waals surface area contributed by atoms with Crippen LogP contribution in [0.15, 0.2) is 17.2 Å². The lowest BCUT2D eigenvalue weighted by molar-refractivity contribution is 0.0799. The molecule has 21 heavy (non-hydrogen) atoms. The molecule has 120 valence electrons. The van der Waals surface area contributed by atoms with Crippen molar-refractivity contribution in [2.75, 3.05) is 25.0 Å². The zero-order valence-corrected chi connectivity index (χ0v) is 14.1. The maximum absolute atomic E-state index is 12.1. The fourth-order valence-electron chi connectivity index (χ4n) is 1.59. The first-order valence-corrected chi connectivity index (χ1v) is 8.77. The summed E-state index contributed by atoms with van der Waals surface area (Å²) in [5, 5.41) is 3.31. The van der Waals surface area contributed by atoms with Crippen molar-refractivity contribution >= 4 is 27.4 Å². The predicted molar refractivity (Wildman–Crippen MR) is 84.3 cm³/mol. The Hall–Kier alpha value is -0.890. The number of sulfonamides is 1. The number of halogens is 1. The summed E-state index contributed by atoms with van der Waals surface area (Å²) in [5.74, 6) is 0.486. The van der Waals surface area contributed by atoms with Gasteiger partial charge in [0.2, 0.25) is 10.0 Å². The number of anilines is 1. The normalized spacial score (nSPS) is 13.1. The third-order valence-electron chi connectivity index (χ3n) is 2.68. The molecule has 0 aromatic carbocycles. The van der Waals surface area contributed by atoms with Gasteiger partial charge in [-0.05, 0) is 26.3 Å². The second-order valence-corrected chi connectivity index (χ2v) is 6.72. The smallest absolute Gasteiger partial charge is 0.242 e. The molecule has 0 amide bonds. The van der Waals surface area contributed by atoms with Gasteiger partial charge < -0.3 is 10.1 Å². The lowest BCUT2D eigenvalue weighted by atomic mass is 10.4. The van der Waals surface area contributed by atoms with Gasteiger partial charge >= 0.3 is 0 Å². The summed E-state index contributed by atoms with van der Waals surface area (Å²) in [4.78, 5) is 4.09. The Labute approximate surface area is 131 Å².